The number of aromatic hydroxyl groups is 1. The van der Waals surface area contributed by atoms with Gasteiger partial charge in [-0.25, -0.2) is 29.1 Å². The molecule has 73 heavy (non-hydrogen) atoms. The topological polar surface area (TPSA) is 224 Å². The Kier molecular flexibility index (Phi) is 14.8. The number of benzene rings is 3. The van der Waals surface area contributed by atoms with E-state index < -0.39 is 39.8 Å². The number of carbonyl (C=O) groups excluding carboxylic acids is 2. The average molecular weight is 995 g/mol. The number of H-pyrrole nitrogens is 2. The summed E-state index contributed by atoms with van der Waals surface area (Å²) in [5, 5.41) is 11.0. The second-order valence-corrected chi connectivity index (χ2v) is 20.5. The Balaban J connectivity index is 0.000000199. The first-order valence-electron chi connectivity index (χ1n) is 24.4. The first-order valence-corrected chi connectivity index (χ1v) is 24.4. The van der Waals surface area contributed by atoms with Gasteiger partial charge in [0, 0.05) is 63.2 Å². The van der Waals surface area contributed by atoms with Gasteiger partial charge in [0.25, 0.3) is 11.1 Å². The lowest BCUT2D eigenvalue weighted by atomic mass is 9.88. The number of pyridine rings is 2. The van der Waals surface area contributed by atoms with Crippen molar-refractivity contribution in [2.75, 3.05) is 26.2 Å². The number of piperidine rings is 2. The summed E-state index contributed by atoms with van der Waals surface area (Å²) >= 11 is 0. The Bertz CT molecular complexity index is 3440. The molecule has 0 radical (unpaired) electrons. The fraction of sp³-hybridized carbons (Fsp3) is 0.382. The van der Waals surface area contributed by atoms with Gasteiger partial charge < -0.3 is 29.1 Å². The summed E-state index contributed by atoms with van der Waals surface area (Å²) in [4.78, 5) is 94.9. The fourth-order valence-electron chi connectivity index (χ4n) is 9.25. The third-order valence-corrected chi connectivity index (χ3v) is 12.8. The molecule has 18 heteroatoms. The van der Waals surface area contributed by atoms with Crippen LogP contribution in [0.5, 0.6) is 11.5 Å². The first kappa shape index (κ1) is 51.3. The molecule has 6 heterocycles. The van der Waals surface area contributed by atoms with E-state index in [0.29, 0.717) is 71.8 Å². The van der Waals surface area contributed by atoms with E-state index in [1.54, 1.807) is 40.1 Å². The van der Waals surface area contributed by atoms with E-state index in [1.165, 1.54) is 14.1 Å². The average Bonchev–Trinajstić information content (AvgIpc) is 3.36. The van der Waals surface area contributed by atoms with Crippen molar-refractivity contribution in [2.45, 2.75) is 96.9 Å². The standard InChI is InChI=1S/C31H34N4O5.C24H28N4O5/c1-31(2,3)40-30(38)35-16-10-13-21(18-35)23-17-24(32-27-26(23)28(36)34(4)29(37)33-27)22-14-8-9-15-25(22)39-19-20-11-6-5-7-12-20;1-24(2,3)33-23(32)28-11-7-8-14(13-28)16-12-17(15-9-5-6-10-18(15)29)25-20-19(16)21(30)27(4)22(31)26-20/h5-9,11-12,14-15,17,21H,10,13,16,18-19H2,1-4H3,(H,32,33,37);5-6,9-10,12,14,29H,7-8,11,13H2,1-4H3,(H,25,26,31). The van der Waals surface area contributed by atoms with E-state index in [0.717, 1.165) is 51.5 Å². The smallest absolute Gasteiger partial charge is 0.410 e. The van der Waals surface area contributed by atoms with Crippen LogP contribution in [0.2, 0.25) is 0 Å². The van der Waals surface area contributed by atoms with Crippen LogP contribution >= 0.6 is 0 Å². The molecule has 2 aliphatic heterocycles. The molecule has 2 fully saturated rings. The van der Waals surface area contributed by atoms with Crippen LogP contribution in [0.25, 0.3) is 44.6 Å². The Morgan fingerprint density at radius 1 is 0.630 bits per heavy atom. The minimum absolute atomic E-state index is 0.0421. The van der Waals surface area contributed by atoms with E-state index in [-0.39, 0.29) is 35.0 Å². The van der Waals surface area contributed by atoms with Gasteiger partial charge in [-0.3, -0.25) is 28.7 Å². The van der Waals surface area contributed by atoms with Crippen LogP contribution in [0.1, 0.15) is 95.8 Å². The molecule has 9 rings (SSSR count). The predicted octanol–water partition coefficient (Wildman–Crippen LogP) is 8.09. The van der Waals surface area contributed by atoms with Crippen LogP contribution < -0.4 is 27.2 Å². The molecule has 2 amide bonds. The second-order valence-electron chi connectivity index (χ2n) is 20.5. The minimum Gasteiger partial charge on any atom is -0.507 e. The lowest BCUT2D eigenvalue weighted by Crippen LogP contribution is -2.42. The van der Waals surface area contributed by atoms with Crippen molar-refractivity contribution in [1.29, 1.82) is 0 Å². The first-order chi connectivity index (χ1) is 34.7. The summed E-state index contributed by atoms with van der Waals surface area (Å²) in [6.45, 7) is 13.3. The number of hydrogen-bond donors (Lipinski definition) is 3. The highest BCUT2D eigenvalue weighted by molar-refractivity contribution is 5.85. The zero-order chi connectivity index (χ0) is 52.4. The van der Waals surface area contributed by atoms with Crippen LogP contribution in [-0.2, 0) is 30.2 Å². The zero-order valence-corrected chi connectivity index (χ0v) is 42.5. The van der Waals surface area contributed by atoms with E-state index in [2.05, 4.69) is 15.0 Å². The Hall–Kier alpha value is -8.02. The summed E-state index contributed by atoms with van der Waals surface area (Å²) in [5.74, 6) is 0.358. The van der Waals surface area contributed by atoms with Crippen molar-refractivity contribution in [3.8, 4) is 34.0 Å². The SMILES string of the molecule is Cn1c(=O)[nH]c2nc(-c3ccccc3O)cc(C3CCCN(C(=O)OC(C)(C)C)C3)c2c1=O.Cn1c(=O)[nH]c2nc(-c3ccccc3OCc3ccccc3)cc(C3CCCN(C(=O)OC(C)(C)C)C3)c2c1=O. The number of amides is 2. The highest BCUT2D eigenvalue weighted by atomic mass is 16.6. The number of fused-ring (bicyclic) bond motifs is 2. The van der Waals surface area contributed by atoms with E-state index in [4.69, 9.17) is 19.2 Å². The highest BCUT2D eigenvalue weighted by Gasteiger charge is 2.33. The van der Waals surface area contributed by atoms with E-state index in [1.807, 2.05) is 102 Å². The lowest BCUT2D eigenvalue weighted by Gasteiger charge is -2.34. The largest absolute Gasteiger partial charge is 0.507 e. The number of carbonyl (C=O) groups is 2. The van der Waals surface area contributed by atoms with Gasteiger partial charge in [0.15, 0.2) is 0 Å². The van der Waals surface area contributed by atoms with Gasteiger partial charge in [-0.1, -0.05) is 54.6 Å². The van der Waals surface area contributed by atoms with Crippen molar-refractivity contribution < 1.29 is 28.9 Å². The third kappa shape index (κ3) is 11.7. The maximum absolute atomic E-state index is 13.4. The molecule has 0 spiro atoms. The summed E-state index contributed by atoms with van der Waals surface area (Å²) in [5.41, 5.74) is 1.86. The molecule has 0 aliphatic carbocycles. The van der Waals surface area contributed by atoms with Gasteiger partial charge in [-0.15, -0.1) is 0 Å². The van der Waals surface area contributed by atoms with Crippen molar-refractivity contribution >= 4 is 34.3 Å². The monoisotopic (exact) mass is 994 g/mol. The molecule has 382 valence electrons. The third-order valence-electron chi connectivity index (χ3n) is 12.8. The van der Waals surface area contributed by atoms with E-state index >= 15 is 0 Å². The molecule has 3 aromatic carbocycles. The van der Waals surface area contributed by atoms with Gasteiger partial charge in [0.1, 0.15) is 40.6 Å². The van der Waals surface area contributed by atoms with Crippen molar-refractivity contribution in [3.05, 3.63) is 149 Å². The normalized spacial score (nSPS) is 16.2. The summed E-state index contributed by atoms with van der Waals surface area (Å²) < 4.78 is 19.4. The van der Waals surface area contributed by atoms with Gasteiger partial charge in [-0.05, 0) is 120 Å². The molecule has 2 saturated heterocycles. The van der Waals surface area contributed by atoms with Crippen molar-refractivity contribution in [3.63, 3.8) is 0 Å². The molecule has 0 saturated carbocycles. The summed E-state index contributed by atoms with van der Waals surface area (Å²) in [7, 11) is 2.86. The fourth-order valence-corrected chi connectivity index (χ4v) is 9.25. The zero-order valence-electron chi connectivity index (χ0n) is 42.5. The van der Waals surface area contributed by atoms with Crippen LogP contribution in [-0.4, -0.2) is 93.5 Å². The molecule has 2 atom stereocenters. The number of aromatic amines is 2. The van der Waals surface area contributed by atoms with Crippen LogP contribution in [0.15, 0.2) is 110 Å². The summed E-state index contributed by atoms with van der Waals surface area (Å²) in [6, 6.07) is 27.9. The molecule has 4 aromatic heterocycles. The molecule has 2 aliphatic rings. The number of phenolic OH excluding ortho intramolecular Hbond substituents is 1. The number of nitrogens with one attached hydrogen (secondary N) is 2. The number of phenols is 1. The molecule has 0 bridgehead atoms. The molecule has 7 aromatic rings. The molecular formula is C55H62N8O10. The molecule has 2 unspecified atom stereocenters. The van der Waals surface area contributed by atoms with Crippen LogP contribution in [0, 0.1) is 0 Å². The van der Waals surface area contributed by atoms with Gasteiger partial charge >= 0.3 is 23.6 Å². The number of hydrogen-bond acceptors (Lipinski definition) is 12. The second kappa shape index (κ2) is 21.0. The number of rotatable bonds is 7. The Labute approximate surface area is 421 Å². The Morgan fingerprint density at radius 3 is 1.55 bits per heavy atom. The highest BCUT2D eigenvalue weighted by Crippen LogP contribution is 2.38. The van der Waals surface area contributed by atoms with Gasteiger partial charge in [0.2, 0.25) is 0 Å². The Morgan fingerprint density at radius 2 is 1.07 bits per heavy atom. The van der Waals surface area contributed by atoms with Gasteiger partial charge in [-0.2, -0.15) is 0 Å². The van der Waals surface area contributed by atoms with E-state index in [9.17, 15) is 33.9 Å². The summed E-state index contributed by atoms with van der Waals surface area (Å²) in [6.07, 6.45) is 2.24. The molecule has 18 nitrogen and oxygen atoms in total. The lowest BCUT2D eigenvalue weighted by molar-refractivity contribution is 0.0189. The predicted molar refractivity (Wildman–Crippen MR) is 278 cm³/mol. The van der Waals surface area contributed by atoms with Crippen LogP contribution in [0.3, 0.4) is 0 Å². The number of nitrogens with zero attached hydrogens (tertiary/aromatic N) is 6. The molecule has 3 N–H and O–H groups in total. The maximum Gasteiger partial charge on any atom is 0.410 e. The number of likely N-dealkylation sites (tertiary alicyclic amines) is 2. The van der Waals surface area contributed by atoms with Gasteiger partial charge in [0.05, 0.1) is 22.2 Å². The molecular weight excluding hydrogens is 933 g/mol. The maximum atomic E-state index is 13.4. The van der Waals surface area contributed by atoms with Crippen molar-refractivity contribution in [2.24, 2.45) is 14.1 Å². The van der Waals surface area contributed by atoms with Crippen molar-refractivity contribution in [1.82, 2.24) is 38.9 Å². The number of ether oxygens (including phenoxy) is 3. The number of aromatic nitrogens is 6. The quantitative estimate of drug-likeness (QED) is 0.138. The minimum atomic E-state index is -0.612. The van der Waals surface area contributed by atoms with Crippen LogP contribution in [0.4, 0.5) is 9.59 Å². The number of para-hydroxylation sites is 2.